The molecule has 0 aliphatic carbocycles. The Morgan fingerprint density at radius 1 is 1.19 bits per heavy atom. The quantitative estimate of drug-likeness (QED) is 0.742. The van der Waals surface area contributed by atoms with Crippen molar-refractivity contribution >= 4 is 11.8 Å². The number of para-hydroxylation sites is 1. The Morgan fingerprint density at radius 2 is 2.00 bits per heavy atom. The third kappa shape index (κ3) is 4.19. The van der Waals surface area contributed by atoms with E-state index >= 15 is 0 Å². The summed E-state index contributed by atoms with van der Waals surface area (Å²) in [6.45, 7) is 0.423. The van der Waals surface area contributed by atoms with Crippen LogP contribution in [0.5, 0.6) is 5.75 Å². The lowest BCUT2D eigenvalue weighted by atomic mass is 10.2. The van der Waals surface area contributed by atoms with Gasteiger partial charge in [0.15, 0.2) is 6.61 Å². The van der Waals surface area contributed by atoms with Gasteiger partial charge in [-0.3, -0.25) is 14.9 Å². The lowest BCUT2D eigenvalue weighted by Gasteiger charge is -2.10. The van der Waals surface area contributed by atoms with E-state index in [4.69, 9.17) is 4.74 Å². The molecule has 2 rings (SSSR count). The van der Waals surface area contributed by atoms with Crippen molar-refractivity contribution in [3.05, 3.63) is 53.9 Å². The summed E-state index contributed by atoms with van der Waals surface area (Å²) in [5, 5.41) is 5.28. The van der Waals surface area contributed by atoms with Crippen LogP contribution in [0, 0.1) is 0 Å². The first kappa shape index (κ1) is 14.8. The fourth-order valence-corrected chi connectivity index (χ4v) is 1.83. The minimum absolute atomic E-state index is 0.215. The third-order valence-electron chi connectivity index (χ3n) is 2.79. The fourth-order valence-electron chi connectivity index (χ4n) is 1.83. The van der Waals surface area contributed by atoms with E-state index in [1.807, 2.05) is 25.2 Å². The number of carbonyl (C=O) groups excluding carboxylic acids is 2. The largest absolute Gasteiger partial charge is 0.483 e. The predicted octanol–water partition coefficient (Wildman–Crippen LogP) is 1.07. The molecular formula is C15H17N3O3. The molecule has 110 valence electrons. The SMILES string of the molecule is CNCc1ccccc1OCC(=O)NC(=O)c1ccc[nH]1. The van der Waals surface area contributed by atoms with Crippen molar-refractivity contribution in [3.63, 3.8) is 0 Å². The molecule has 2 aromatic rings. The Labute approximate surface area is 122 Å². The second-order valence-electron chi connectivity index (χ2n) is 4.39. The van der Waals surface area contributed by atoms with Gasteiger partial charge in [-0.05, 0) is 25.2 Å². The number of imide groups is 1. The molecule has 0 bridgehead atoms. The van der Waals surface area contributed by atoms with E-state index in [1.165, 1.54) is 0 Å². The maximum atomic E-state index is 11.7. The number of hydrogen-bond acceptors (Lipinski definition) is 4. The second kappa shape index (κ2) is 7.25. The summed E-state index contributed by atoms with van der Waals surface area (Å²) in [5.74, 6) is -0.347. The molecule has 3 N–H and O–H groups in total. The average Bonchev–Trinajstić information content (AvgIpc) is 3.01. The molecule has 0 atom stereocenters. The van der Waals surface area contributed by atoms with Crippen LogP contribution >= 0.6 is 0 Å². The first-order chi connectivity index (χ1) is 10.2. The van der Waals surface area contributed by atoms with E-state index in [9.17, 15) is 9.59 Å². The monoisotopic (exact) mass is 287 g/mol. The van der Waals surface area contributed by atoms with E-state index in [1.54, 1.807) is 24.4 Å². The van der Waals surface area contributed by atoms with E-state index in [2.05, 4.69) is 15.6 Å². The topological polar surface area (TPSA) is 83.2 Å². The van der Waals surface area contributed by atoms with Gasteiger partial charge < -0.3 is 15.0 Å². The van der Waals surface area contributed by atoms with E-state index in [0.29, 0.717) is 18.0 Å². The number of amides is 2. The number of nitrogens with one attached hydrogen (secondary N) is 3. The molecule has 1 aromatic carbocycles. The van der Waals surface area contributed by atoms with Crippen LogP contribution in [0.4, 0.5) is 0 Å². The summed E-state index contributed by atoms with van der Waals surface area (Å²) in [4.78, 5) is 26.1. The molecule has 0 saturated carbocycles. The molecule has 2 amide bonds. The molecule has 1 heterocycles. The molecule has 0 unspecified atom stereocenters. The zero-order valence-electron chi connectivity index (χ0n) is 11.7. The molecule has 0 saturated heterocycles. The number of rotatable bonds is 6. The van der Waals surface area contributed by atoms with Gasteiger partial charge in [0.25, 0.3) is 11.8 Å². The zero-order valence-corrected chi connectivity index (χ0v) is 11.7. The van der Waals surface area contributed by atoms with Crippen LogP contribution in [0.1, 0.15) is 16.1 Å². The Balaban J connectivity index is 1.88. The fraction of sp³-hybridized carbons (Fsp3) is 0.200. The smallest absolute Gasteiger partial charge is 0.274 e. The Bertz CT molecular complexity index is 608. The average molecular weight is 287 g/mol. The number of benzene rings is 1. The van der Waals surface area contributed by atoms with Gasteiger partial charge in [-0.25, -0.2) is 0 Å². The van der Waals surface area contributed by atoms with Gasteiger partial charge >= 0.3 is 0 Å². The highest BCUT2D eigenvalue weighted by atomic mass is 16.5. The molecule has 0 radical (unpaired) electrons. The van der Waals surface area contributed by atoms with Gasteiger partial charge in [0.2, 0.25) is 0 Å². The normalized spacial score (nSPS) is 10.1. The maximum Gasteiger partial charge on any atom is 0.274 e. The van der Waals surface area contributed by atoms with Crippen molar-refractivity contribution in [1.29, 1.82) is 0 Å². The molecule has 6 nitrogen and oxygen atoms in total. The number of aromatic nitrogens is 1. The summed E-state index contributed by atoms with van der Waals surface area (Å²) in [5.41, 5.74) is 1.28. The van der Waals surface area contributed by atoms with E-state index in [-0.39, 0.29) is 6.61 Å². The predicted molar refractivity (Wildman–Crippen MR) is 78.0 cm³/mol. The number of aromatic amines is 1. The van der Waals surface area contributed by atoms with E-state index < -0.39 is 11.8 Å². The third-order valence-corrected chi connectivity index (χ3v) is 2.79. The summed E-state index contributed by atoms with van der Waals surface area (Å²) in [7, 11) is 1.83. The van der Waals surface area contributed by atoms with Gasteiger partial charge in [-0.2, -0.15) is 0 Å². The van der Waals surface area contributed by atoms with Crippen LogP contribution in [-0.4, -0.2) is 30.5 Å². The summed E-state index contributed by atoms with van der Waals surface area (Å²) in [6, 6.07) is 10.7. The molecule has 0 aliphatic heterocycles. The summed E-state index contributed by atoms with van der Waals surface area (Å²) >= 11 is 0. The molecule has 0 spiro atoms. The number of hydrogen-bond donors (Lipinski definition) is 3. The minimum Gasteiger partial charge on any atom is -0.483 e. The van der Waals surface area contributed by atoms with Gasteiger partial charge in [-0.15, -0.1) is 0 Å². The van der Waals surface area contributed by atoms with Crippen molar-refractivity contribution in [2.24, 2.45) is 0 Å². The van der Waals surface area contributed by atoms with Crippen LogP contribution < -0.4 is 15.4 Å². The van der Waals surface area contributed by atoms with Crippen LogP contribution in [0.2, 0.25) is 0 Å². The van der Waals surface area contributed by atoms with Crippen molar-refractivity contribution in [2.75, 3.05) is 13.7 Å². The van der Waals surface area contributed by atoms with E-state index in [0.717, 1.165) is 5.56 Å². The summed E-state index contributed by atoms with van der Waals surface area (Å²) < 4.78 is 5.46. The van der Waals surface area contributed by atoms with Crippen LogP contribution in [0.25, 0.3) is 0 Å². The minimum atomic E-state index is -0.492. The van der Waals surface area contributed by atoms with Crippen LogP contribution in [0.3, 0.4) is 0 Å². The second-order valence-corrected chi connectivity index (χ2v) is 4.39. The molecule has 6 heteroatoms. The highest BCUT2D eigenvalue weighted by Crippen LogP contribution is 2.17. The zero-order chi connectivity index (χ0) is 15.1. The van der Waals surface area contributed by atoms with Crippen LogP contribution in [0.15, 0.2) is 42.6 Å². The number of ether oxygens (including phenoxy) is 1. The molecule has 21 heavy (non-hydrogen) atoms. The lowest BCUT2D eigenvalue weighted by Crippen LogP contribution is -2.34. The Hall–Kier alpha value is -2.60. The number of carbonyl (C=O) groups is 2. The van der Waals surface area contributed by atoms with Crippen molar-refractivity contribution in [1.82, 2.24) is 15.6 Å². The van der Waals surface area contributed by atoms with Gasteiger partial charge in [0, 0.05) is 18.3 Å². The maximum absolute atomic E-state index is 11.7. The van der Waals surface area contributed by atoms with Gasteiger partial charge in [0.1, 0.15) is 11.4 Å². The highest BCUT2D eigenvalue weighted by Gasteiger charge is 2.12. The van der Waals surface area contributed by atoms with Crippen molar-refractivity contribution < 1.29 is 14.3 Å². The molecule has 0 aliphatic rings. The van der Waals surface area contributed by atoms with Crippen molar-refractivity contribution in [2.45, 2.75) is 6.54 Å². The van der Waals surface area contributed by atoms with Crippen molar-refractivity contribution in [3.8, 4) is 5.75 Å². The Morgan fingerprint density at radius 3 is 2.71 bits per heavy atom. The molecular weight excluding hydrogens is 270 g/mol. The standard InChI is InChI=1S/C15H17N3O3/c1-16-9-11-5-2-3-7-13(11)21-10-14(19)18-15(20)12-6-4-8-17-12/h2-8,16-17H,9-10H2,1H3,(H,18,19,20). The highest BCUT2D eigenvalue weighted by molar-refractivity contribution is 6.04. The molecule has 0 fully saturated rings. The Kier molecular flexibility index (Phi) is 5.11. The molecule has 1 aromatic heterocycles. The summed E-state index contributed by atoms with van der Waals surface area (Å²) in [6.07, 6.45) is 1.61. The van der Waals surface area contributed by atoms with Crippen LogP contribution in [-0.2, 0) is 11.3 Å². The first-order valence-electron chi connectivity index (χ1n) is 6.53. The lowest BCUT2D eigenvalue weighted by molar-refractivity contribution is -0.122. The number of H-pyrrole nitrogens is 1. The van der Waals surface area contributed by atoms with Gasteiger partial charge in [-0.1, -0.05) is 18.2 Å². The first-order valence-corrected chi connectivity index (χ1v) is 6.53. The van der Waals surface area contributed by atoms with Gasteiger partial charge in [0.05, 0.1) is 0 Å².